The number of hydrogen-bond acceptors (Lipinski definition) is 4. The van der Waals surface area contributed by atoms with Gasteiger partial charge in [0.1, 0.15) is 6.61 Å². The summed E-state index contributed by atoms with van der Waals surface area (Å²) >= 11 is 0. The molecule has 0 saturated carbocycles. The highest BCUT2D eigenvalue weighted by molar-refractivity contribution is 5.51. The molecule has 1 atom stereocenters. The molecule has 0 spiro atoms. The van der Waals surface area contributed by atoms with Crippen molar-refractivity contribution in [3.8, 4) is 17.2 Å². The Hall–Kier alpha value is -1.42. The second-order valence-corrected chi connectivity index (χ2v) is 3.15. The molecular formula is C11H16O4. The van der Waals surface area contributed by atoms with Crippen LogP contribution < -0.4 is 14.2 Å². The van der Waals surface area contributed by atoms with Crippen LogP contribution in [0.2, 0.25) is 0 Å². The first-order valence-corrected chi connectivity index (χ1v) is 4.71. The minimum absolute atomic E-state index is 0.205. The molecule has 1 aromatic rings. The number of methoxy groups -OCH3 is 2. The predicted octanol–water partition coefficient (Wildman–Crippen LogP) is 1.46. The molecule has 0 aliphatic rings. The van der Waals surface area contributed by atoms with Crippen molar-refractivity contribution in [2.75, 3.05) is 20.8 Å². The molecule has 0 amide bonds. The average Bonchev–Trinajstić information content (AvgIpc) is 2.25. The number of para-hydroxylation sites is 1. The minimum Gasteiger partial charge on any atom is -0.493 e. The van der Waals surface area contributed by atoms with E-state index in [0.717, 1.165) is 0 Å². The van der Waals surface area contributed by atoms with Crippen molar-refractivity contribution in [2.24, 2.45) is 0 Å². The molecule has 0 aromatic heterocycles. The predicted molar refractivity (Wildman–Crippen MR) is 56.7 cm³/mol. The van der Waals surface area contributed by atoms with Gasteiger partial charge < -0.3 is 19.3 Å². The van der Waals surface area contributed by atoms with E-state index in [0.29, 0.717) is 17.2 Å². The van der Waals surface area contributed by atoms with Crippen molar-refractivity contribution >= 4 is 0 Å². The molecule has 1 rings (SSSR count). The van der Waals surface area contributed by atoms with Gasteiger partial charge in [0, 0.05) is 0 Å². The molecule has 0 fully saturated rings. The number of rotatable bonds is 5. The van der Waals surface area contributed by atoms with E-state index in [4.69, 9.17) is 19.3 Å². The van der Waals surface area contributed by atoms with Crippen LogP contribution in [0.5, 0.6) is 17.2 Å². The van der Waals surface area contributed by atoms with Crippen molar-refractivity contribution in [2.45, 2.75) is 13.0 Å². The number of aliphatic hydroxyl groups excluding tert-OH is 1. The molecule has 0 radical (unpaired) electrons. The second-order valence-electron chi connectivity index (χ2n) is 3.15. The molecule has 0 heterocycles. The number of hydrogen-bond donors (Lipinski definition) is 1. The number of aliphatic hydroxyl groups is 1. The summed E-state index contributed by atoms with van der Waals surface area (Å²) in [6.07, 6.45) is -0.528. The highest BCUT2D eigenvalue weighted by Crippen LogP contribution is 2.36. The maximum absolute atomic E-state index is 9.13. The average molecular weight is 212 g/mol. The molecule has 1 N–H and O–H groups in total. The van der Waals surface area contributed by atoms with Crippen molar-refractivity contribution in [3.63, 3.8) is 0 Å². The van der Waals surface area contributed by atoms with Crippen LogP contribution >= 0.6 is 0 Å². The molecule has 0 aliphatic heterocycles. The molecule has 0 bridgehead atoms. The van der Waals surface area contributed by atoms with Gasteiger partial charge in [-0.1, -0.05) is 6.07 Å². The van der Waals surface area contributed by atoms with Gasteiger partial charge in [-0.05, 0) is 19.1 Å². The van der Waals surface area contributed by atoms with Crippen LogP contribution in [-0.2, 0) is 0 Å². The lowest BCUT2D eigenvalue weighted by atomic mass is 10.3. The van der Waals surface area contributed by atoms with Crippen molar-refractivity contribution < 1.29 is 19.3 Å². The molecule has 84 valence electrons. The molecule has 1 unspecified atom stereocenters. The van der Waals surface area contributed by atoms with Crippen LogP contribution in [0.15, 0.2) is 18.2 Å². The van der Waals surface area contributed by atoms with E-state index in [9.17, 15) is 0 Å². The van der Waals surface area contributed by atoms with Gasteiger partial charge in [-0.3, -0.25) is 0 Å². The van der Waals surface area contributed by atoms with Crippen molar-refractivity contribution in [1.82, 2.24) is 0 Å². The molecule has 15 heavy (non-hydrogen) atoms. The normalized spacial score (nSPS) is 12.0. The van der Waals surface area contributed by atoms with E-state index < -0.39 is 6.10 Å². The summed E-state index contributed by atoms with van der Waals surface area (Å²) < 4.78 is 15.7. The highest BCUT2D eigenvalue weighted by Gasteiger charge is 2.11. The Kier molecular flexibility index (Phi) is 4.24. The first-order chi connectivity index (χ1) is 7.19. The highest BCUT2D eigenvalue weighted by atomic mass is 16.5. The first-order valence-electron chi connectivity index (χ1n) is 4.71. The Morgan fingerprint density at radius 1 is 1.20 bits per heavy atom. The number of ether oxygens (including phenoxy) is 3. The van der Waals surface area contributed by atoms with Gasteiger partial charge in [0.15, 0.2) is 11.5 Å². The quantitative estimate of drug-likeness (QED) is 0.802. The van der Waals surface area contributed by atoms with Gasteiger partial charge in [-0.2, -0.15) is 0 Å². The van der Waals surface area contributed by atoms with Gasteiger partial charge in [-0.15, -0.1) is 0 Å². The van der Waals surface area contributed by atoms with Gasteiger partial charge in [0.05, 0.1) is 20.3 Å². The minimum atomic E-state index is -0.528. The van der Waals surface area contributed by atoms with Gasteiger partial charge in [0.2, 0.25) is 5.75 Å². The fraction of sp³-hybridized carbons (Fsp3) is 0.455. The van der Waals surface area contributed by atoms with Crippen LogP contribution in [0.3, 0.4) is 0 Å². The monoisotopic (exact) mass is 212 g/mol. The largest absolute Gasteiger partial charge is 0.493 e. The molecule has 0 saturated heterocycles. The Morgan fingerprint density at radius 3 is 2.13 bits per heavy atom. The SMILES string of the molecule is COc1cccc(OC)c1OCC(C)O. The van der Waals surface area contributed by atoms with Crippen LogP contribution in [0.4, 0.5) is 0 Å². The van der Waals surface area contributed by atoms with Crippen molar-refractivity contribution in [1.29, 1.82) is 0 Å². The molecular weight excluding hydrogens is 196 g/mol. The van der Waals surface area contributed by atoms with E-state index >= 15 is 0 Å². The Balaban J connectivity index is 2.89. The summed E-state index contributed by atoms with van der Waals surface area (Å²) in [6, 6.07) is 5.37. The first kappa shape index (κ1) is 11.7. The van der Waals surface area contributed by atoms with E-state index in [1.165, 1.54) is 0 Å². The lowest BCUT2D eigenvalue weighted by molar-refractivity contribution is 0.118. The van der Waals surface area contributed by atoms with Crippen LogP contribution in [0.25, 0.3) is 0 Å². The topological polar surface area (TPSA) is 47.9 Å². The van der Waals surface area contributed by atoms with E-state index in [2.05, 4.69) is 0 Å². The zero-order chi connectivity index (χ0) is 11.3. The lowest BCUT2D eigenvalue weighted by Gasteiger charge is -2.14. The Labute approximate surface area is 89.4 Å². The number of benzene rings is 1. The third-order valence-electron chi connectivity index (χ3n) is 1.85. The summed E-state index contributed by atoms with van der Waals surface area (Å²) in [5.74, 6) is 1.70. The summed E-state index contributed by atoms with van der Waals surface area (Å²) in [5, 5.41) is 9.13. The second kappa shape index (κ2) is 5.46. The van der Waals surface area contributed by atoms with E-state index in [1.807, 2.05) is 6.07 Å². The summed E-state index contributed by atoms with van der Waals surface area (Å²) in [6.45, 7) is 1.86. The van der Waals surface area contributed by atoms with Crippen LogP contribution in [0, 0.1) is 0 Å². The standard InChI is InChI=1S/C11H16O4/c1-8(12)7-15-11-9(13-2)5-4-6-10(11)14-3/h4-6,8,12H,7H2,1-3H3. The summed E-state index contributed by atoms with van der Waals surface area (Å²) in [4.78, 5) is 0. The molecule has 0 aliphatic carbocycles. The zero-order valence-electron chi connectivity index (χ0n) is 9.19. The Bertz CT molecular complexity index is 287. The molecule has 4 heteroatoms. The summed E-state index contributed by atoms with van der Waals surface area (Å²) in [5.41, 5.74) is 0. The fourth-order valence-electron chi connectivity index (χ4n) is 1.16. The Morgan fingerprint density at radius 2 is 1.73 bits per heavy atom. The lowest BCUT2D eigenvalue weighted by Crippen LogP contribution is -2.13. The third-order valence-corrected chi connectivity index (χ3v) is 1.85. The van der Waals surface area contributed by atoms with Crippen LogP contribution in [0.1, 0.15) is 6.92 Å². The van der Waals surface area contributed by atoms with Crippen LogP contribution in [-0.4, -0.2) is 32.0 Å². The smallest absolute Gasteiger partial charge is 0.203 e. The molecule has 1 aromatic carbocycles. The fourth-order valence-corrected chi connectivity index (χ4v) is 1.16. The van der Waals surface area contributed by atoms with Gasteiger partial charge in [0.25, 0.3) is 0 Å². The maximum Gasteiger partial charge on any atom is 0.203 e. The third kappa shape index (κ3) is 3.02. The van der Waals surface area contributed by atoms with Crippen molar-refractivity contribution in [3.05, 3.63) is 18.2 Å². The van der Waals surface area contributed by atoms with E-state index in [1.54, 1.807) is 33.3 Å². The van der Waals surface area contributed by atoms with E-state index in [-0.39, 0.29) is 6.61 Å². The van der Waals surface area contributed by atoms with Gasteiger partial charge in [-0.25, -0.2) is 0 Å². The summed E-state index contributed by atoms with van der Waals surface area (Å²) in [7, 11) is 3.12. The maximum atomic E-state index is 9.13. The zero-order valence-corrected chi connectivity index (χ0v) is 9.19. The van der Waals surface area contributed by atoms with Gasteiger partial charge >= 0.3 is 0 Å². The molecule has 4 nitrogen and oxygen atoms in total.